The van der Waals surface area contributed by atoms with Gasteiger partial charge in [0.2, 0.25) is 0 Å². The monoisotopic (exact) mass is 630 g/mol. The summed E-state index contributed by atoms with van der Waals surface area (Å²) >= 11 is 1.82. The molecule has 224 valence electrons. The molecule has 0 aliphatic rings. The van der Waals surface area contributed by atoms with E-state index in [1.54, 1.807) is 0 Å². The minimum atomic E-state index is 0.665. The summed E-state index contributed by atoms with van der Waals surface area (Å²) in [4.78, 5) is 14.8. The Kier molecular flexibility index (Phi) is 6.01. The molecule has 0 spiro atoms. The summed E-state index contributed by atoms with van der Waals surface area (Å²) in [6, 6.07) is 55.6. The van der Waals surface area contributed by atoms with Crippen molar-refractivity contribution in [3.8, 4) is 39.9 Å². The molecule has 4 nitrogen and oxygen atoms in total. The number of rotatable bonds is 4. The first-order valence-electron chi connectivity index (χ1n) is 16.0. The Morgan fingerprint density at radius 2 is 1.02 bits per heavy atom. The summed E-state index contributed by atoms with van der Waals surface area (Å²) in [5.41, 5.74) is 6.52. The Morgan fingerprint density at radius 1 is 0.396 bits per heavy atom. The first-order chi connectivity index (χ1) is 23.8. The molecule has 3 heterocycles. The minimum absolute atomic E-state index is 0.665. The number of para-hydroxylation sites is 1. The van der Waals surface area contributed by atoms with Crippen LogP contribution in [0.25, 0.3) is 92.6 Å². The Bertz CT molecular complexity index is 2780. The standard InChI is InChI=1S/C43H26N4S/c1-3-12-28(13-4-1)41-44-42(29-14-5-2-6-15-29)46-43(45-41)30-20-24-38-36(25-30)34-23-21-31(26-39(34)48-38)47-37-18-10-9-17-33(37)35-22-19-27-11-7-8-16-32(27)40(35)47/h1-26H. The minimum Gasteiger partial charge on any atom is -0.309 e. The Labute approximate surface area is 280 Å². The first kappa shape index (κ1) is 27.0. The van der Waals surface area contributed by atoms with Crippen molar-refractivity contribution in [2.75, 3.05) is 0 Å². The van der Waals surface area contributed by atoms with Crippen molar-refractivity contribution in [2.45, 2.75) is 0 Å². The fourth-order valence-corrected chi connectivity index (χ4v) is 8.10. The lowest BCUT2D eigenvalue weighted by Crippen LogP contribution is -2.00. The zero-order valence-electron chi connectivity index (χ0n) is 25.7. The number of nitrogens with zero attached hydrogens (tertiary/aromatic N) is 4. The molecule has 0 atom stereocenters. The quantitative estimate of drug-likeness (QED) is 0.194. The number of benzene rings is 7. The number of hydrogen-bond donors (Lipinski definition) is 0. The molecule has 3 aromatic heterocycles. The van der Waals surface area contributed by atoms with E-state index in [2.05, 4.69) is 102 Å². The van der Waals surface area contributed by atoms with Gasteiger partial charge in [0.15, 0.2) is 17.5 Å². The third-order valence-corrected chi connectivity index (χ3v) is 10.4. The predicted octanol–water partition coefficient (Wildman–Crippen LogP) is 11.5. The van der Waals surface area contributed by atoms with Gasteiger partial charge in [0.1, 0.15) is 0 Å². The summed E-state index contributed by atoms with van der Waals surface area (Å²) in [5, 5.41) is 7.47. The zero-order chi connectivity index (χ0) is 31.6. The van der Waals surface area contributed by atoms with Crippen LogP contribution in [0.1, 0.15) is 0 Å². The van der Waals surface area contributed by atoms with E-state index in [1.807, 2.05) is 72.0 Å². The summed E-state index contributed by atoms with van der Waals surface area (Å²) in [5.74, 6) is 1.99. The van der Waals surface area contributed by atoms with Gasteiger partial charge in [-0.2, -0.15) is 0 Å². The molecular formula is C43H26N4S. The molecule has 0 aliphatic heterocycles. The van der Waals surface area contributed by atoms with Crippen LogP contribution in [0.4, 0.5) is 0 Å². The molecule has 0 fully saturated rings. The summed E-state index contributed by atoms with van der Waals surface area (Å²) < 4.78 is 4.92. The van der Waals surface area contributed by atoms with Crippen LogP contribution >= 0.6 is 11.3 Å². The van der Waals surface area contributed by atoms with Crippen LogP contribution in [0.5, 0.6) is 0 Å². The molecule has 10 aromatic rings. The molecule has 0 bridgehead atoms. The highest BCUT2D eigenvalue weighted by Crippen LogP contribution is 2.40. The van der Waals surface area contributed by atoms with Gasteiger partial charge in [0.05, 0.1) is 11.0 Å². The van der Waals surface area contributed by atoms with Gasteiger partial charge in [-0.3, -0.25) is 0 Å². The summed E-state index contributed by atoms with van der Waals surface area (Å²) in [6.45, 7) is 0. The molecule has 7 aromatic carbocycles. The number of thiophene rings is 1. The van der Waals surface area contributed by atoms with Crippen molar-refractivity contribution < 1.29 is 0 Å². The fourth-order valence-electron chi connectivity index (χ4n) is 6.98. The average molecular weight is 631 g/mol. The van der Waals surface area contributed by atoms with E-state index in [0.717, 1.165) is 22.4 Å². The van der Waals surface area contributed by atoms with Crippen molar-refractivity contribution in [3.63, 3.8) is 0 Å². The van der Waals surface area contributed by atoms with Crippen molar-refractivity contribution in [2.24, 2.45) is 0 Å². The molecule has 0 unspecified atom stereocenters. The van der Waals surface area contributed by atoms with Crippen LogP contribution in [0, 0.1) is 0 Å². The number of hydrogen-bond acceptors (Lipinski definition) is 4. The highest BCUT2D eigenvalue weighted by atomic mass is 32.1. The molecule has 0 aliphatic carbocycles. The lowest BCUT2D eigenvalue weighted by molar-refractivity contribution is 1.07. The van der Waals surface area contributed by atoms with Crippen molar-refractivity contribution in [1.29, 1.82) is 0 Å². The van der Waals surface area contributed by atoms with Crippen LogP contribution in [-0.2, 0) is 0 Å². The highest BCUT2D eigenvalue weighted by molar-refractivity contribution is 7.25. The topological polar surface area (TPSA) is 43.6 Å². The third-order valence-electron chi connectivity index (χ3n) is 9.23. The van der Waals surface area contributed by atoms with E-state index in [1.165, 1.54) is 52.8 Å². The molecule has 10 rings (SSSR count). The number of fused-ring (bicyclic) bond motifs is 8. The van der Waals surface area contributed by atoms with Crippen LogP contribution in [0.15, 0.2) is 158 Å². The van der Waals surface area contributed by atoms with E-state index < -0.39 is 0 Å². The van der Waals surface area contributed by atoms with E-state index in [4.69, 9.17) is 15.0 Å². The second-order valence-corrected chi connectivity index (χ2v) is 13.2. The fraction of sp³-hybridized carbons (Fsp3) is 0. The molecule has 0 amide bonds. The summed E-state index contributed by atoms with van der Waals surface area (Å²) in [6.07, 6.45) is 0. The van der Waals surface area contributed by atoms with Crippen molar-refractivity contribution in [3.05, 3.63) is 158 Å². The maximum atomic E-state index is 4.98. The lowest BCUT2D eigenvalue weighted by atomic mass is 10.1. The second kappa shape index (κ2) is 10.7. The molecule has 0 radical (unpaired) electrons. The van der Waals surface area contributed by atoms with Gasteiger partial charge in [-0.25, -0.2) is 15.0 Å². The largest absolute Gasteiger partial charge is 0.309 e. The Morgan fingerprint density at radius 3 is 1.77 bits per heavy atom. The maximum absolute atomic E-state index is 4.98. The summed E-state index contributed by atoms with van der Waals surface area (Å²) in [7, 11) is 0. The average Bonchev–Trinajstić information content (AvgIpc) is 3.70. The van der Waals surface area contributed by atoms with Crippen molar-refractivity contribution in [1.82, 2.24) is 19.5 Å². The molecule has 0 saturated heterocycles. The first-order valence-corrected chi connectivity index (χ1v) is 16.9. The maximum Gasteiger partial charge on any atom is 0.164 e. The second-order valence-electron chi connectivity index (χ2n) is 12.1. The van der Waals surface area contributed by atoms with Crippen LogP contribution in [0.3, 0.4) is 0 Å². The van der Waals surface area contributed by atoms with Crippen LogP contribution < -0.4 is 0 Å². The Hall–Kier alpha value is -6.17. The zero-order valence-corrected chi connectivity index (χ0v) is 26.5. The molecular weight excluding hydrogens is 605 g/mol. The molecule has 48 heavy (non-hydrogen) atoms. The van der Waals surface area contributed by atoms with E-state index >= 15 is 0 Å². The van der Waals surface area contributed by atoms with E-state index in [0.29, 0.717) is 17.5 Å². The van der Waals surface area contributed by atoms with Gasteiger partial charge < -0.3 is 4.57 Å². The van der Waals surface area contributed by atoms with E-state index in [9.17, 15) is 0 Å². The van der Waals surface area contributed by atoms with Crippen LogP contribution in [-0.4, -0.2) is 19.5 Å². The molecule has 5 heteroatoms. The Balaban J connectivity index is 1.15. The highest BCUT2D eigenvalue weighted by Gasteiger charge is 2.17. The predicted molar refractivity (Wildman–Crippen MR) is 201 cm³/mol. The molecule has 0 N–H and O–H groups in total. The molecule has 0 saturated carbocycles. The van der Waals surface area contributed by atoms with Crippen molar-refractivity contribution >= 4 is 64.1 Å². The van der Waals surface area contributed by atoms with Gasteiger partial charge in [-0.1, -0.05) is 121 Å². The van der Waals surface area contributed by atoms with Gasteiger partial charge in [0, 0.05) is 58.7 Å². The van der Waals surface area contributed by atoms with Gasteiger partial charge in [0.25, 0.3) is 0 Å². The van der Waals surface area contributed by atoms with Gasteiger partial charge in [-0.15, -0.1) is 11.3 Å². The normalized spacial score (nSPS) is 11.8. The van der Waals surface area contributed by atoms with Gasteiger partial charge in [-0.05, 0) is 41.8 Å². The van der Waals surface area contributed by atoms with E-state index in [-0.39, 0.29) is 0 Å². The SMILES string of the molecule is c1ccc(-c2nc(-c3ccccc3)nc(-c3ccc4sc5cc(-n6c7ccccc7c7ccc8ccccc8c76)ccc5c4c3)n2)cc1. The van der Waals surface area contributed by atoms with Gasteiger partial charge >= 0.3 is 0 Å². The lowest BCUT2D eigenvalue weighted by Gasteiger charge is -2.10. The third kappa shape index (κ3) is 4.25. The number of aromatic nitrogens is 4. The van der Waals surface area contributed by atoms with Crippen LogP contribution in [0.2, 0.25) is 0 Å². The smallest absolute Gasteiger partial charge is 0.164 e.